The smallest absolute Gasteiger partial charge is 0.284 e. The summed E-state index contributed by atoms with van der Waals surface area (Å²) >= 11 is 0. The largest absolute Gasteiger partial charge is 0.454 e. The van der Waals surface area contributed by atoms with Gasteiger partial charge in [0.25, 0.3) is 5.91 Å². The molecule has 0 radical (unpaired) electrons. The normalized spacial score (nSPS) is 15.4. The maximum absolute atomic E-state index is 11.8. The third kappa shape index (κ3) is 9.03. The zero-order chi connectivity index (χ0) is 20.4. The van der Waals surface area contributed by atoms with Crippen LogP contribution < -0.4 is 21.7 Å². The van der Waals surface area contributed by atoms with E-state index in [0.717, 1.165) is 45.4 Å². The fraction of sp³-hybridized carbons (Fsp3) is 0.632. The lowest BCUT2D eigenvalue weighted by Crippen LogP contribution is -2.50. The number of primary amides is 1. The SMILES string of the molecule is CCCNC(=O)CN1CCC(NC(=NCc2ccc(C(N)=O)o2)NCC)CC1.I. The van der Waals surface area contributed by atoms with Crippen molar-refractivity contribution in [3.63, 3.8) is 0 Å². The van der Waals surface area contributed by atoms with Crippen molar-refractivity contribution in [2.24, 2.45) is 10.7 Å². The second-order valence-corrected chi connectivity index (χ2v) is 6.87. The van der Waals surface area contributed by atoms with Gasteiger partial charge in [-0.05, 0) is 38.3 Å². The molecule has 0 unspecified atom stereocenters. The maximum atomic E-state index is 11.8. The predicted molar refractivity (Wildman–Crippen MR) is 123 cm³/mol. The number of nitrogens with one attached hydrogen (secondary N) is 3. The molecule has 1 fully saturated rings. The minimum Gasteiger partial charge on any atom is -0.454 e. The fourth-order valence-electron chi connectivity index (χ4n) is 3.02. The lowest BCUT2D eigenvalue weighted by atomic mass is 10.1. The van der Waals surface area contributed by atoms with E-state index in [-0.39, 0.29) is 35.6 Å². The number of piperidine rings is 1. The Kier molecular flexibility index (Phi) is 11.7. The van der Waals surface area contributed by atoms with Crippen molar-refractivity contribution in [3.05, 3.63) is 23.7 Å². The molecule has 1 aliphatic heterocycles. The first-order valence-corrected chi connectivity index (χ1v) is 9.94. The van der Waals surface area contributed by atoms with Crippen LogP contribution in [0.15, 0.2) is 21.5 Å². The summed E-state index contributed by atoms with van der Waals surface area (Å²) in [4.78, 5) is 29.6. The Labute approximate surface area is 189 Å². The number of nitrogens with two attached hydrogens (primary N) is 1. The highest BCUT2D eigenvalue weighted by Gasteiger charge is 2.21. The Morgan fingerprint density at radius 3 is 2.55 bits per heavy atom. The topological polar surface area (TPSA) is 125 Å². The van der Waals surface area contributed by atoms with Crippen LogP contribution in [-0.4, -0.2) is 61.4 Å². The molecule has 5 N–H and O–H groups in total. The van der Waals surface area contributed by atoms with Crippen LogP contribution in [0.1, 0.15) is 49.4 Å². The van der Waals surface area contributed by atoms with Gasteiger partial charge in [-0.25, -0.2) is 4.99 Å². The molecule has 2 rings (SSSR count). The Morgan fingerprint density at radius 2 is 1.97 bits per heavy atom. The molecule has 10 heteroatoms. The molecule has 1 aromatic rings. The van der Waals surface area contributed by atoms with Gasteiger partial charge in [0.2, 0.25) is 5.91 Å². The van der Waals surface area contributed by atoms with Gasteiger partial charge in [-0.3, -0.25) is 14.5 Å². The number of halogens is 1. The van der Waals surface area contributed by atoms with Crippen molar-refractivity contribution < 1.29 is 14.0 Å². The summed E-state index contributed by atoms with van der Waals surface area (Å²) in [6.07, 6.45) is 2.84. The number of furan rings is 1. The highest BCUT2D eigenvalue weighted by atomic mass is 127. The number of likely N-dealkylation sites (tertiary alicyclic amines) is 1. The maximum Gasteiger partial charge on any atom is 0.284 e. The van der Waals surface area contributed by atoms with Gasteiger partial charge in [0.15, 0.2) is 11.7 Å². The Bertz CT molecular complexity index is 671. The molecule has 0 aliphatic carbocycles. The summed E-state index contributed by atoms with van der Waals surface area (Å²) in [6, 6.07) is 3.56. The summed E-state index contributed by atoms with van der Waals surface area (Å²) in [5.41, 5.74) is 5.20. The van der Waals surface area contributed by atoms with Gasteiger partial charge < -0.3 is 26.1 Å². The molecule has 1 aliphatic rings. The molecule has 29 heavy (non-hydrogen) atoms. The summed E-state index contributed by atoms with van der Waals surface area (Å²) in [7, 11) is 0. The van der Waals surface area contributed by atoms with Gasteiger partial charge in [-0.15, -0.1) is 24.0 Å². The third-order valence-electron chi connectivity index (χ3n) is 4.51. The highest BCUT2D eigenvalue weighted by molar-refractivity contribution is 14.0. The van der Waals surface area contributed by atoms with Crippen LogP contribution in [0.4, 0.5) is 0 Å². The van der Waals surface area contributed by atoms with Crippen LogP contribution in [-0.2, 0) is 11.3 Å². The van der Waals surface area contributed by atoms with Gasteiger partial charge in [0.05, 0.1) is 6.54 Å². The second-order valence-electron chi connectivity index (χ2n) is 6.87. The standard InChI is InChI=1S/C19H32N6O3.HI/c1-3-9-22-17(26)13-25-10-7-14(8-11-25)24-19(21-4-2)23-12-15-5-6-16(28-15)18(20)27;/h5-6,14H,3-4,7-13H2,1-2H3,(H2,20,27)(H,22,26)(H2,21,23,24);1H. The van der Waals surface area contributed by atoms with Crippen LogP contribution in [0, 0.1) is 0 Å². The number of rotatable bonds is 9. The van der Waals surface area contributed by atoms with E-state index in [1.54, 1.807) is 12.1 Å². The molecule has 1 aromatic heterocycles. The van der Waals surface area contributed by atoms with Crippen LogP contribution in [0.2, 0.25) is 0 Å². The molecule has 0 spiro atoms. The highest BCUT2D eigenvalue weighted by Crippen LogP contribution is 2.11. The first-order valence-electron chi connectivity index (χ1n) is 9.94. The van der Waals surface area contributed by atoms with Crippen LogP contribution >= 0.6 is 24.0 Å². The van der Waals surface area contributed by atoms with Gasteiger partial charge in [0.1, 0.15) is 12.3 Å². The van der Waals surface area contributed by atoms with E-state index in [0.29, 0.717) is 30.9 Å². The van der Waals surface area contributed by atoms with E-state index in [2.05, 4.69) is 25.8 Å². The molecule has 1 saturated heterocycles. The zero-order valence-electron chi connectivity index (χ0n) is 17.2. The predicted octanol–water partition coefficient (Wildman–Crippen LogP) is 1.04. The summed E-state index contributed by atoms with van der Waals surface area (Å²) in [6.45, 7) is 8.05. The van der Waals surface area contributed by atoms with Crippen molar-refractivity contribution in [2.75, 3.05) is 32.7 Å². The summed E-state index contributed by atoms with van der Waals surface area (Å²) in [5.74, 6) is 0.934. The average molecular weight is 520 g/mol. The number of hydrogen-bond acceptors (Lipinski definition) is 5. The Hall–Kier alpha value is -1.82. The van der Waals surface area contributed by atoms with Gasteiger partial charge in [-0.2, -0.15) is 0 Å². The van der Waals surface area contributed by atoms with E-state index in [1.807, 2.05) is 13.8 Å². The number of amides is 2. The molecule has 2 amide bonds. The van der Waals surface area contributed by atoms with Crippen LogP contribution in [0.5, 0.6) is 0 Å². The van der Waals surface area contributed by atoms with Gasteiger partial charge in [-0.1, -0.05) is 6.92 Å². The molecule has 9 nitrogen and oxygen atoms in total. The molecular weight excluding hydrogens is 487 g/mol. The van der Waals surface area contributed by atoms with Crippen molar-refractivity contribution >= 4 is 41.8 Å². The van der Waals surface area contributed by atoms with E-state index in [9.17, 15) is 9.59 Å². The summed E-state index contributed by atoms with van der Waals surface area (Å²) in [5, 5.41) is 9.59. The van der Waals surface area contributed by atoms with E-state index in [1.165, 1.54) is 0 Å². The number of carbonyl (C=O) groups excluding carboxylic acids is 2. The second kappa shape index (κ2) is 13.4. The molecule has 0 atom stereocenters. The molecule has 164 valence electrons. The van der Waals surface area contributed by atoms with Crippen molar-refractivity contribution in [3.8, 4) is 0 Å². The lowest BCUT2D eigenvalue weighted by molar-refractivity contribution is -0.122. The van der Waals surface area contributed by atoms with Gasteiger partial charge in [0, 0.05) is 32.2 Å². The van der Waals surface area contributed by atoms with Crippen molar-refractivity contribution in [2.45, 2.75) is 45.7 Å². The van der Waals surface area contributed by atoms with E-state index in [4.69, 9.17) is 10.2 Å². The zero-order valence-corrected chi connectivity index (χ0v) is 19.5. The van der Waals surface area contributed by atoms with Crippen molar-refractivity contribution in [1.82, 2.24) is 20.9 Å². The van der Waals surface area contributed by atoms with Crippen LogP contribution in [0.3, 0.4) is 0 Å². The number of carbonyl (C=O) groups is 2. The number of aliphatic imine (C=N–C) groups is 1. The quantitative estimate of drug-likeness (QED) is 0.219. The Balaban J connectivity index is 0.00000420. The molecule has 0 aromatic carbocycles. The molecule has 0 bridgehead atoms. The number of hydrogen-bond donors (Lipinski definition) is 4. The first kappa shape index (κ1) is 25.2. The van der Waals surface area contributed by atoms with Gasteiger partial charge >= 0.3 is 0 Å². The summed E-state index contributed by atoms with van der Waals surface area (Å²) < 4.78 is 5.36. The number of nitrogens with zero attached hydrogens (tertiary/aromatic N) is 2. The third-order valence-corrected chi connectivity index (χ3v) is 4.51. The molecular formula is C19H33IN6O3. The van der Waals surface area contributed by atoms with E-state index < -0.39 is 5.91 Å². The minimum atomic E-state index is -0.588. The van der Waals surface area contributed by atoms with Crippen molar-refractivity contribution in [1.29, 1.82) is 0 Å². The van der Waals surface area contributed by atoms with Crippen LogP contribution in [0.25, 0.3) is 0 Å². The first-order chi connectivity index (χ1) is 13.5. The fourth-order valence-corrected chi connectivity index (χ4v) is 3.02. The minimum absolute atomic E-state index is 0. The average Bonchev–Trinajstić information content (AvgIpc) is 3.15. The monoisotopic (exact) mass is 520 g/mol. The van der Waals surface area contributed by atoms with E-state index >= 15 is 0 Å². The lowest BCUT2D eigenvalue weighted by Gasteiger charge is -2.32. The molecule has 0 saturated carbocycles. The molecule has 2 heterocycles. The number of guanidine groups is 1. The Morgan fingerprint density at radius 1 is 1.24 bits per heavy atom.